The third kappa shape index (κ3) is 3.40. The predicted molar refractivity (Wildman–Crippen MR) is 76.1 cm³/mol. The van der Waals surface area contributed by atoms with E-state index in [4.69, 9.17) is 5.11 Å². The number of carboxylic acids is 1. The van der Waals surface area contributed by atoms with Crippen LogP contribution in [-0.2, 0) is 4.79 Å². The predicted octanol–water partition coefficient (Wildman–Crippen LogP) is 4.41. The van der Waals surface area contributed by atoms with Crippen molar-refractivity contribution >= 4 is 23.9 Å². The number of allylic oxidation sites excluding steroid dienone is 2. The van der Waals surface area contributed by atoms with Crippen LogP contribution >= 0.6 is 12.4 Å². The van der Waals surface area contributed by atoms with Gasteiger partial charge in [-0.3, -0.25) is 4.79 Å². The number of benzene rings is 1. The molecule has 6 heteroatoms. The molecule has 2 rings (SSSR count). The molecule has 2 atom stereocenters. The quantitative estimate of drug-likeness (QED) is 0.895. The molecular weight excluding hydrogens is 305 g/mol. The van der Waals surface area contributed by atoms with E-state index in [1.165, 1.54) is 24.3 Å². The third-order valence-electron chi connectivity index (χ3n) is 3.91. The van der Waals surface area contributed by atoms with Crippen LogP contribution in [-0.4, -0.2) is 17.3 Å². The van der Waals surface area contributed by atoms with Gasteiger partial charge in [0.15, 0.2) is 0 Å². The summed E-state index contributed by atoms with van der Waals surface area (Å²) in [6.45, 7) is 3.35. The fourth-order valence-electron chi connectivity index (χ4n) is 2.61. The van der Waals surface area contributed by atoms with Gasteiger partial charge in [0.25, 0.3) is 0 Å². The number of aliphatic carboxylic acids is 1. The van der Waals surface area contributed by atoms with E-state index >= 15 is 0 Å². The minimum absolute atomic E-state index is 0. The molecule has 1 saturated carbocycles. The number of hydrogen-bond donors (Lipinski definition) is 1. The van der Waals surface area contributed by atoms with Gasteiger partial charge < -0.3 is 5.11 Å². The molecule has 0 amide bonds. The molecule has 1 N–H and O–H groups in total. The molecule has 0 bridgehead atoms. The molecule has 1 aromatic rings. The van der Waals surface area contributed by atoms with Crippen molar-refractivity contribution in [3.63, 3.8) is 0 Å². The Balaban J connectivity index is 0.00000220. The fourth-order valence-corrected chi connectivity index (χ4v) is 2.61. The summed E-state index contributed by atoms with van der Waals surface area (Å²) in [6.07, 6.45) is -3.43. The highest BCUT2D eigenvalue weighted by Gasteiger charge is 2.61. The van der Waals surface area contributed by atoms with Gasteiger partial charge in [0, 0.05) is 0 Å². The van der Waals surface area contributed by atoms with Crippen LogP contribution in [0.1, 0.15) is 19.4 Å². The molecule has 2 unspecified atom stereocenters. The number of halogens is 4. The summed E-state index contributed by atoms with van der Waals surface area (Å²) in [5, 5.41) is 9.04. The van der Waals surface area contributed by atoms with Gasteiger partial charge >= 0.3 is 12.1 Å². The SMILES string of the molecule is CC1(C)C(C=C(c2ccccc2)C(F)(F)F)C1C(=O)O.Cl. The van der Waals surface area contributed by atoms with Gasteiger partial charge in [0.05, 0.1) is 11.5 Å². The molecule has 0 radical (unpaired) electrons. The number of carbonyl (C=O) groups is 1. The second-order valence-electron chi connectivity index (χ2n) is 5.61. The van der Waals surface area contributed by atoms with Crippen LogP contribution in [0.4, 0.5) is 13.2 Å². The Morgan fingerprint density at radius 3 is 2.14 bits per heavy atom. The molecule has 1 aromatic carbocycles. The lowest BCUT2D eigenvalue weighted by atomic mass is 10.0. The lowest BCUT2D eigenvalue weighted by molar-refractivity contribution is -0.139. The first-order chi connectivity index (χ1) is 9.15. The molecule has 1 aliphatic rings. The molecule has 0 heterocycles. The summed E-state index contributed by atoms with van der Waals surface area (Å²) in [6, 6.07) is 7.46. The van der Waals surface area contributed by atoms with Crippen molar-refractivity contribution in [2.75, 3.05) is 0 Å². The summed E-state index contributed by atoms with van der Waals surface area (Å²) < 4.78 is 39.5. The van der Waals surface area contributed by atoms with Crippen molar-refractivity contribution in [3.05, 3.63) is 42.0 Å². The van der Waals surface area contributed by atoms with E-state index in [1.807, 2.05) is 0 Å². The average molecular weight is 321 g/mol. The molecule has 1 aliphatic carbocycles. The van der Waals surface area contributed by atoms with E-state index in [2.05, 4.69) is 0 Å². The minimum Gasteiger partial charge on any atom is -0.481 e. The highest BCUT2D eigenvalue weighted by Crippen LogP contribution is 2.60. The maximum Gasteiger partial charge on any atom is 0.416 e. The minimum atomic E-state index is -4.50. The van der Waals surface area contributed by atoms with Crippen LogP contribution in [0.2, 0.25) is 0 Å². The summed E-state index contributed by atoms with van der Waals surface area (Å²) in [5.74, 6) is -2.41. The van der Waals surface area contributed by atoms with Gasteiger partial charge in [-0.25, -0.2) is 0 Å². The van der Waals surface area contributed by atoms with Crippen molar-refractivity contribution in [1.29, 1.82) is 0 Å². The zero-order valence-electron chi connectivity index (χ0n) is 11.5. The van der Waals surface area contributed by atoms with E-state index in [0.717, 1.165) is 6.08 Å². The number of rotatable bonds is 3. The lowest BCUT2D eigenvalue weighted by Gasteiger charge is -2.12. The maximum atomic E-state index is 13.2. The van der Waals surface area contributed by atoms with Crippen LogP contribution in [0.5, 0.6) is 0 Å². The van der Waals surface area contributed by atoms with Gasteiger partial charge in [-0.15, -0.1) is 12.4 Å². The first-order valence-electron chi connectivity index (χ1n) is 6.23. The largest absolute Gasteiger partial charge is 0.481 e. The van der Waals surface area contributed by atoms with E-state index in [9.17, 15) is 18.0 Å². The number of carboxylic acid groups (broad SMARTS) is 1. The number of alkyl halides is 3. The summed E-state index contributed by atoms with van der Waals surface area (Å²) in [7, 11) is 0. The van der Waals surface area contributed by atoms with Gasteiger partial charge in [0.1, 0.15) is 0 Å². The van der Waals surface area contributed by atoms with E-state index in [-0.39, 0.29) is 18.0 Å². The Kier molecular flexibility index (Phi) is 4.78. The van der Waals surface area contributed by atoms with Crippen molar-refractivity contribution in [2.24, 2.45) is 17.3 Å². The number of hydrogen-bond acceptors (Lipinski definition) is 1. The first-order valence-corrected chi connectivity index (χ1v) is 6.23. The molecule has 116 valence electrons. The standard InChI is InChI=1S/C15H15F3O2.ClH/c1-14(2)11(12(14)13(19)20)8-10(15(16,17)18)9-6-4-3-5-7-9;/h3-8,11-12H,1-2H3,(H,19,20);1H. The normalized spacial score (nSPS) is 24.1. The molecule has 21 heavy (non-hydrogen) atoms. The van der Waals surface area contributed by atoms with Gasteiger partial charge in [0.2, 0.25) is 0 Å². The van der Waals surface area contributed by atoms with E-state index in [0.29, 0.717) is 0 Å². The van der Waals surface area contributed by atoms with E-state index < -0.39 is 35.0 Å². The average Bonchev–Trinajstić information content (AvgIpc) is 2.87. The van der Waals surface area contributed by atoms with Crippen molar-refractivity contribution in [1.82, 2.24) is 0 Å². The van der Waals surface area contributed by atoms with Gasteiger partial charge in [-0.2, -0.15) is 13.2 Å². The Labute approximate surface area is 127 Å². The van der Waals surface area contributed by atoms with E-state index in [1.54, 1.807) is 19.9 Å². The van der Waals surface area contributed by atoms with Crippen LogP contribution in [0.3, 0.4) is 0 Å². The maximum absolute atomic E-state index is 13.2. The van der Waals surface area contributed by atoms with Crippen molar-refractivity contribution < 1.29 is 23.1 Å². The second-order valence-corrected chi connectivity index (χ2v) is 5.61. The molecule has 0 aromatic heterocycles. The second kappa shape index (κ2) is 5.72. The molecule has 0 spiro atoms. The summed E-state index contributed by atoms with van der Waals surface area (Å²) in [4.78, 5) is 11.0. The molecule has 0 aliphatic heterocycles. The van der Waals surface area contributed by atoms with Crippen LogP contribution < -0.4 is 0 Å². The van der Waals surface area contributed by atoms with Crippen LogP contribution in [0.15, 0.2) is 36.4 Å². The van der Waals surface area contributed by atoms with Crippen molar-refractivity contribution in [3.8, 4) is 0 Å². The Morgan fingerprint density at radius 2 is 1.76 bits per heavy atom. The van der Waals surface area contributed by atoms with Crippen LogP contribution in [0.25, 0.3) is 5.57 Å². The zero-order valence-corrected chi connectivity index (χ0v) is 12.3. The summed E-state index contributed by atoms with van der Waals surface area (Å²) >= 11 is 0. The molecular formula is C15H16ClF3O2. The summed E-state index contributed by atoms with van der Waals surface area (Å²) in [5.41, 5.74) is -1.34. The van der Waals surface area contributed by atoms with Gasteiger partial charge in [-0.05, 0) is 16.9 Å². The monoisotopic (exact) mass is 320 g/mol. The molecule has 1 fully saturated rings. The Bertz CT molecular complexity index is 550. The van der Waals surface area contributed by atoms with Crippen molar-refractivity contribution in [2.45, 2.75) is 20.0 Å². The first kappa shape index (κ1) is 17.6. The smallest absolute Gasteiger partial charge is 0.416 e. The molecule has 2 nitrogen and oxygen atoms in total. The fraction of sp³-hybridized carbons (Fsp3) is 0.400. The Morgan fingerprint density at radius 1 is 1.24 bits per heavy atom. The Hall–Kier alpha value is -1.49. The van der Waals surface area contributed by atoms with Crippen LogP contribution in [0, 0.1) is 17.3 Å². The zero-order chi connectivity index (χ0) is 15.1. The highest BCUT2D eigenvalue weighted by molar-refractivity contribution is 5.85. The lowest BCUT2D eigenvalue weighted by Crippen LogP contribution is -2.11. The topological polar surface area (TPSA) is 37.3 Å². The highest BCUT2D eigenvalue weighted by atomic mass is 35.5. The third-order valence-corrected chi connectivity index (χ3v) is 3.91. The van der Waals surface area contributed by atoms with Gasteiger partial charge in [-0.1, -0.05) is 50.3 Å². The molecule has 0 saturated heterocycles.